The van der Waals surface area contributed by atoms with Crippen LogP contribution in [0.1, 0.15) is 17.2 Å². The summed E-state index contributed by atoms with van der Waals surface area (Å²) in [6.07, 6.45) is 4.37. The Morgan fingerprint density at radius 2 is 2.21 bits per heavy atom. The molecular weight excluding hydrogens is 330 g/mol. The molecule has 9 heteroatoms. The number of benzene rings is 1. The quantitative estimate of drug-likeness (QED) is 0.757. The molecule has 24 heavy (non-hydrogen) atoms. The van der Waals surface area contributed by atoms with Crippen LogP contribution in [0.4, 0.5) is 5.69 Å². The third-order valence-corrected chi connectivity index (χ3v) is 5.04. The maximum atomic E-state index is 13.0. The third kappa shape index (κ3) is 3.00. The third-order valence-electron chi connectivity index (χ3n) is 3.27. The maximum absolute atomic E-state index is 13.0. The van der Waals surface area contributed by atoms with Crippen molar-refractivity contribution in [1.82, 2.24) is 15.2 Å². The van der Waals surface area contributed by atoms with Crippen molar-refractivity contribution in [2.45, 2.75) is 18.4 Å². The summed E-state index contributed by atoms with van der Waals surface area (Å²) in [7, 11) is -3.92. The topological polar surface area (TPSA) is 116 Å². The van der Waals surface area contributed by atoms with Crippen LogP contribution in [0.5, 0.6) is 0 Å². The first-order valence-electron chi connectivity index (χ1n) is 6.93. The van der Waals surface area contributed by atoms with Crippen molar-refractivity contribution in [3.05, 3.63) is 60.1 Å². The molecule has 0 amide bonds. The van der Waals surface area contributed by atoms with E-state index < -0.39 is 10.0 Å². The van der Waals surface area contributed by atoms with Gasteiger partial charge in [-0.1, -0.05) is 6.07 Å². The largest absolute Gasteiger partial charge is 0.444 e. The summed E-state index contributed by atoms with van der Waals surface area (Å²) in [6, 6.07) is 7.75. The summed E-state index contributed by atoms with van der Waals surface area (Å²) in [5, 5.41) is 15.4. The highest BCUT2D eigenvalue weighted by molar-refractivity contribution is 7.92. The summed E-state index contributed by atoms with van der Waals surface area (Å²) in [5.41, 5.74) is 0.600. The second-order valence-electron chi connectivity index (χ2n) is 4.97. The number of sulfonamides is 1. The number of nitrogens with one attached hydrogen (secondary N) is 1. The van der Waals surface area contributed by atoms with Gasteiger partial charge in [0.15, 0.2) is 0 Å². The van der Waals surface area contributed by atoms with Crippen LogP contribution in [-0.4, -0.2) is 23.6 Å². The lowest BCUT2D eigenvalue weighted by Gasteiger charge is -2.21. The molecule has 0 fully saturated rings. The minimum Gasteiger partial charge on any atom is -0.444 e. The van der Waals surface area contributed by atoms with Crippen LogP contribution in [-0.2, 0) is 16.6 Å². The molecular formula is C15H13N5O3S. The van der Waals surface area contributed by atoms with Crippen molar-refractivity contribution in [2.75, 3.05) is 4.31 Å². The molecule has 0 bridgehead atoms. The molecule has 0 saturated carbocycles. The average Bonchev–Trinajstić information content (AvgIpc) is 3.24. The zero-order valence-electron chi connectivity index (χ0n) is 12.7. The van der Waals surface area contributed by atoms with E-state index in [1.165, 1.54) is 36.8 Å². The van der Waals surface area contributed by atoms with Gasteiger partial charge in [0.2, 0.25) is 5.89 Å². The Kier molecular flexibility index (Phi) is 4.05. The van der Waals surface area contributed by atoms with E-state index in [4.69, 9.17) is 9.68 Å². The lowest BCUT2D eigenvalue weighted by molar-refractivity contribution is 0.472. The van der Waals surface area contributed by atoms with E-state index in [2.05, 4.69) is 15.2 Å². The van der Waals surface area contributed by atoms with Gasteiger partial charge in [-0.3, -0.25) is 9.40 Å². The summed E-state index contributed by atoms with van der Waals surface area (Å²) in [6.45, 7) is 1.63. The van der Waals surface area contributed by atoms with E-state index in [1.54, 1.807) is 13.0 Å². The van der Waals surface area contributed by atoms with Gasteiger partial charge >= 0.3 is 0 Å². The lowest BCUT2D eigenvalue weighted by Crippen LogP contribution is -2.30. The van der Waals surface area contributed by atoms with E-state index in [0.29, 0.717) is 11.4 Å². The summed E-state index contributed by atoms with van der Waals surface area (Å²) < 4.78 is 32.5. The van der Waals surface area contributed by atoms with Crippen molar-refractivity contribution in [2.24, 2.45) is 0 Å². The normalized spacial score (nSPS) is 11.2. The van der Waals surface area contributed by atoms with Crippen molar-refractivity contribution in [3.8, 4) is 6.07 Å². The number of hydrogen-bond acceptors (Lipinski definition) is 6. The molecule has 2 heterocycles. The Bertz CT molecular complexity index is 986. The first-order valence-corrected chi connectivity index (χ1v) is 8.38. The molecule has 1 aromatic carbocycles. The maximum Gasteiger partial charge on any atom is 0.264 e. The number of nitrogens with zero attached hydrogens (tertiary/aromatic N) is 4. The Morgan fingerprint density at radius 3 is 2.83 bits per heavy atom. The Hall–Kier alpha value is -3.12. The fourth-order valence-corrected chi connectivity index (χ4v) is 3.58. The molecule has 3 rings (SSSR count). The summed E-state index contributed by atoms with van der Waals surface area (Å²) >= 11 is 0. The van der Waals surface area contributed by atoms with Crippen LogP contribution in [0.2, 0.25) is 0 Å². The fraction of sp³-hybridized carbons (Fsp3) is 0.133. The van der Waals surface area contributed by atoms with Crippen LogP contribution >= 0.6 is 0 Å². The van der Waals surface area contributed by atoms with E-state index >= 15 is 0 Å². The zero-order valence-corrected chi connectivity index (χ0v) is 13.5. The molecule has 8 nitrogen and oxygen atoms in total. The van der Waals surface area contributed by atoms with E-state index in [0.717, 1.165) is 4.31 Å². The Labute approximate surface area is 138 Å². The zero-order chi connectivity index (χ0) is 17.2. The number of oxazole rings is 1. The summed E-state index contributed by atoms with van der Waals surface area (Å²) in [4.78, 5) is 4.06. The van der Waals surface area contributed by atoms with Gasteiger partial charge in [-0.15, -0.1) is 0 Å². The van der Waals surface area contributed by atoms with Gasteiger partial charge < -0.3 is 4.42 Å². The minimum atomic E-state index is -3.92. The monoisotopic (exact) mass is 343 g/mol. The fourth-order valence-electron chi connectivity index (χ4n) is 2.15. The predicted molar refractivity (Wildman–Crippen MR) is 84.4 cm³/mol. The van der Waals surface area contributed by atoms with Gasteiger partial charge in [0.25, 0.3) is 10.0 Å². The molecule has 0 aliphatic carbocycles. The number of H-pyrrole nitrogens is 1. The molecule has 0 unspecified atom stereocenters. The van der Waals surface area contributed by atoms with Crippen LogP contribution in [0.3, 0.4) is 0 Å². The Balaban J connectivity index is 2.05. The molecule has 0 spiro atoms. The number of nitriles is 1. The first-order chi connectivity index (χ1) is 11.5. The lowest BCUT2D eigenvalue weighted by atomic mass is 10.2. The van der Waals surface area contributed by atoms with Gasteiger partial charge in [0, 0.05) is 6.20 Å². The minimum absolute atomic E-state index is 0.00558. The van der Waals surface area contributed by atoms with Crippen molar-refractivity contribution in [1.29, 1.82) is 5.26 Å². The smallest absolute Gasteiger partial charge is 0.264 e. The van der Waals surface area contributed by atoms with Crippen LogP contribution in [0.25, 0.3) is 0 Å². The highest BCUT2D eigenvalue weighted by Crippen LogP contribution is 2.25. The van der Waals surface area contributed by atoms with E-state index in [9.17, 15) is 8.42 Å². The highest BCUT2D eigenvalue weighted by Gasteiger charge is 2.27. The second-order valence-corrected chi connectivity index (χ2v) is 6.83. The SMILES string of the molecule is Cc1cnc(CN(c2cn[nH]c2)S(=O)(=O)c2cccc(C#N)c2)o1. The first kappa shape index (κ1) is 15.8. The van der Waals surface area contributed by atoms with Crippen LogP contribution < -0.4 is 4.31 Å². The van der Waals surface area contributed by atoms with Crippen LogP contribution in [0.15, 0.2) is 52.2 Å². The number of aryl methyl sites for hydroxylation is 1. The van der Waals surface area contributed by atoms with Gasteiger partial charge in [-0.25, -0.2) is 13.4 Å². The number of hydrogen-bond donors (Lipinski definition) is 1. The molecule has 0 aliphatic heterocycles. The highest BCUT2D eigenvalue weighted by atomic mass is 32.2. The van der Waals surface area contributed by atoms with E-state index in [-0.39, 0.29) is 22.9 Å². The molecule has 0 atom stereocenters. The van der Waals surface area contributed by atoms with Crippen molar-refractivity contribution < 1.29 is 12.8 Å². The number of aromatic nitrogens is 3. The molecule has 122 valence electrons. The number of rotatable bonds is 5. The average molecular weight is 343 g/mol. The molecule has 0 radical (unpaired) electrons. The molecule has 1 N–H and O–H groups in total. The molecule has 2 aromatic heterocycles. The number of anilines is 1. The van der Waals surface area contributed by atoms with Gasteiger partial charge in [-0.2, -0.15) is 10.4 Å². The summed E-state index contributed by atoms with van der Waals surface area (Å²) in [5.74, 6) is 0.842. The van der Waals surface area contributed by atoms with Crippen molar-refractivity contribution in [3.63, 3.8) is 0 Å². The molecule has 0 saturated heterocycles. The van der Waals surface area contributed by atoms with Gasteiger partial charge in [-0.05, 0) is 25.1 Å². The predicted octanol–water partition coefficient (Wildman–Crippen LogP) is 1.97. The number of aromatic amines is 1. The second kappa shape index (κ2) is 6.17. The van der Waals surface area contributed by atoms with Crippen LogP contribution in [0, 0.1) is 18.3 Å². The van der Waals surface area contributed by atoms with Gasteiger partial charge in [0.1, 0.15) is 12.3 Å². The molecule has 0 aliphatic rings. The van der Waals surface area contributed by atoms with E-state index in [1.807, 2.05) is 6.07 Å². The Morgan fingerprint density at radius 1 is 1.38 bits per heavy atom. The molecule has 3 aromatic rings. The van der Waals surface area contributed by atoms with Crippen molar-refractivity contribution >= 4 is 15.7 Å². The van der Waals surface area contributed by atoms with Gasteiger partial charge in [0.05, 0.1) is 34.6 Å². The standard InChI is InChI=1S/C15H13N5O3S/c1-11-7-17-15(23-11)10-20(13-8-18-19-9-13)24(21,22)14-4-2-3-12(5-14)6-16/h2-5,7-9H,10H2,1H3,(H,18,19).